The molecule has 1 aliphatic heterocycles. The van der Waals surface area contributed by atoms with Crippen molar-refractivity contribution in [2.45, 2.75) is 25.8 Å². The van der Waals surface area contributed by atoms with Crippen molar-refractivity contribution in [1.82, 2.24) is 5.32 Å². The van der Waals surface area contributed by atoms with Crippen LogP contribution in [0.1, 0.15) is 18.9 Å². The molecular weight excluding hydrogens is 250 g/mol. The zero-order chi connectivity index (χ0) is 13.8. The van der Waals surface area contributed by atoms with Crippen molar-refractivity contribution in [2.75, 3.05) is 6.79 Å². The van der Waals surface area contributed by atoms with Crippen LogP contribution in [0.15, 0.2) is 18.2 Å². The van der Waals surface area contributed by atoms with Gasteiger partial charge in [0.25, 0.3) is 0 Å². The molecule has 1 heterocycles. The fourth-order valence-electron chi connectivity index (χ4n) is 1.73. The number of hydrogen-bond acceptors (Lipinski definition) is 4. The van der Waals surface area contributed by atoms with Crippen molar-refractivity contribution in [3.05, 3.63) is 23.8 Å². The maximum Gasteiger partial charge on any atom is 0.325 e. The minimum absolute atomic E-state index is 0.218. The van der Waals surface area contributed by atoms with Crippen molar-refractivity contribution in [3.8, 4) is 11.5 Å². The Morgan fingerprint density at radius 1 is 1.37 bits per heavy atom. The van der Waals surface area contributed by atoms with Crippen LogP contribution in [-0.4, -0.2) is 29.8 Å². The Labute approximate surface area is 110 Å². The van der Waals surface area contributed by atoms with Crippen LogP contribution in [0.2, 0.25) is 0 Å². The van der Waals surface area contributed by atoms with Crippen molar-refractivity contribution in [3.63, 3.8) is 0 Å². The van der Waals surface area contributed by atoms with E-state index in [1.165, 1.54) is 6.92 Å². The maximum absolute atomic E-state index is 11.5. The third-order valence-corrected chi connectivity index (χ3v) is 2.83. The van der Waals surface area contributed by atoms with Gasteiger partial charge in [0, 0.05) is 6.42 Å². The van der Waals surface area contributed by atoms with E-state index in [1.807, 2.05) is 12.1 Å². The van der Waals surface area contributed by atoms with Gasteiger partial charge >= 0.3 is 5.97 Å². The molecule has 1 amide bonds. The van der Waals surface area contributed by atoms with Gasteiger partial charge in [-0.25, -0.2) is 0 Å². The van der Waals surface area contributed by atoms with Crippen molar-refractivity contribution in [1.29, 1.82) is 0 Å². The highest BCUT2D eigenvalue weighted by molar-refractivity contribution is 5.83. The number of benzene rings is 1. The quantitative estimate of drug-likeness (QED) is 0.827. The van der Waals surface area contributed by atoms with Gasteiger partial charge in [0.05, 0.1) is 0 Å². The monoisotopic (exact) mass is 265 g/mol. The first kappa shape index (κ1) is 13.2. The maximum atomic E-state index is 11.5. The molecule has 1 aromatic carbocycles. The van der Waals surface area contributed by atoms with Gasteiger partial charge < -0.3 is 19.9 Å². The predicted molar refractivity (Wildman–Crippen MR) is 66.1 cm³/mol. The Kier molecular flexibility index (Phi) is 3.89. The van der Waals surface area contributed by atoms with E-state index >= 15 is 0 Å². The third kappa shape index (κ3) is 3.37. The zero-order valence-electron chi connectivity index (χ0n) is 10.5. The summed E-state index contributed by atoms with van der Waals surface area (Å²) >= 11 is 0. The number of carbonyl (C=O) groups excluding carboxylic acids is 1. The van der Waals surface area contributed by atoms with Crippen LogP contribution in [0, 0.1) is 0 Å². The van der Waals surface area contributed by atoms with Crippen LogP contribution in [0.3, 0.4) is 0 Å². The first-order valence-electron chi connectivity index (χ1n) is 5.97. The van der Waals surface area contributed by atoms with Gasteiger partial charge in [-0.1, -0.05) is 6.07 Å². The third-order valence-electron chi connectivity index (χ3n) is 2.83. The van der Waals surface area contributed by atoms with Gasteiger partial charge in [-0.05, 0) is 31.0 Å². The standard InChI is InChI=1S/C13H15NO5/c1-8(13(16)17)14-12(15)5-3-9-2-4-10-11(6-9)19-7-18-10/h2,4,6,8H,3,5,7H2,1H3,(H,14,15)(H,16,17)/t8-/m0/s1. The van der Waals surface area contributed by atoms with E-state index in [-0.39, 0.29) is 19.1 Å². The second kappa shape index (κ2) is 5.60. The highest BCUT2D eigenvalue weighted by atomic mass is 16.7. The molecule has 6 heteroatoms. The van der Waals surface area contributed by atoms with E-state index < -0.39 is 12.0 Å². The number of carboxylic acid groups (broad SMARTS) is 1. The number of fused-ring (bicyclic) bond motifs is 1. The van der Waals surface area contributed by atoms with Crippen molar-refractivity contribution in [2.24, 2.45) is 0 Å². The smallest absolute Gasteiger partial charge is 0.325 e. The number of hydrogen-bond donors (Lipinski definition) is 2. The molecule has 2 N–H and O–H groups in total. The number of aliphatic carboxylic acids is 1. The van der Waals surface area contributed by atoms with Crippen LogP contribution in [-0.2, 0) is 16.0 Å². The second-order valence-electron chi connectivity index (χ2n) is 4.32. The summed E-state index contributed by atoms with van der Waals surface area (Å²) in [5.74, 6) is 0.0495. The number of carboxylic acids is 1. The summed E-state index contributed by atoms with van der Waals surface area (Å²) in [6, 6.07) is 4.62. The van der Waals surface area contributed by atoms with Crippen LogP contribution in [0.25, 0.3) is 0 Å². The van der Waals surface area contributed by atoms with Gasteiger partial charge in [0.2, 0.25) is 12.7 Å². The molecule has 0 unspecified atom stereocenters. The average Bonchev–Trinajstić information content (AvgIpc) is 2.83. The average molecular weight is 265 g/mol. The Bertz CT molecular complexity index is 500. The molecule has 0 fully saturated rings. The molecule has 0 aliphatic carbocycles. The van der Waals surface area contributed by atoms with E-state index in [1.54, 1.807) is 6.07 Å². The first-order chi connectivity index (χ1) is 9.06. The molecule has 102 valence electrons. The van der Waals surface area contributed by atoms with E-state index in [4.69, 9.17) is 14.6 Å². The Morgan fingerprint density at radius 3 is 2.84 bits per heavy atom. The molecule has 1 aliphatic rings. The Balaban J connectivity index is 1.85. The van der Waals surface area contributed by atoms with Crippen LogP contribution < -0.4 is 14.8 Å². The second-order valence-corrected chi connectivity index (χ2v) is 4.32. The molecule has 0 bridgehead atoms. The normalized spacial score (nSPS) is 13.9. The molecule has 1 atom stereocenters. The van der Waals surface area contributed by atoms with E-state index in [0.717, 1.165) is 5.56 Å². The van der Waals surface area contributed by atoms with Crippen molar-refractivity contribution < 1.29 is 24.2 Å². The lowest BCUT2D eigenvalue weighted by atomic mass is 10.1. The van der Waals surface area contributed by atoms with Crippen LogP contribution in [0.4, 0.5) is 0 Å². The summed E-state index contributed by atoms with van der Waals surface area (Å²) in [4.78, 5) is 22.1. The molecule has 0 saturated heterocycles. The minimum atomic E-state index is -1.04. The topological polar surface area (TPSA) is 84.9 Å². The summed E-state index contributed by atoms with van der Waals surface area (Å²) in [5.41, 5.74) is 0.947. The SMILES string of the molecule is C[C@H](NC(=O)CCc1ccc2c(c1)OCO2)C(=O)O. The van der Waals surface area contributed by atoms with Gasteiger partial charge in [0.15, 0.2) is 11.5 Å². The number of ether oxygens (including phenoxy) is 2. The lowest BCUT2D eigenvalue weighted by molar-refractivity contribution is -0.141. The number of aryl methyl sites for hydroxylation is 1. The number of carbonyl (C=O) groups is 2. The van der Waals surface area contributed by atoms with E-state index in [9.17, 15) is 9.59 Å². The fourth-order valence-corrected chi connectivity index (χ4v) is 1.73. The van der Waals surface area contributed by atoms with E-state index in [0.29, 0.717) is 17.9 Å². The van der Waals surface area contributed by atoms with E-state index in [2.05, 4.69) is 5.32 Å². The largest absolute Gasteiger partial charge is 0.480 e. The zero-order valence-corrected chi connectivity index (χ0v) is 10.5. The van der Waals surface area contributed by atoms with Gasteiger partial charge in [0.1, 0.15) is 6.04 Å². The van der Waals surface area contributed by atoms with Crippen LogP contribution in [0.5, 0.6) is 11.5 Å². The summed E-state index contributed by atoms with van der Waals surface area (Å²) in [6.07, 6.45) is 0.756. The fraction of sp³-hybridized carbons (Fsp3) is 0.385. The lowest BCUT2D eigenvalue weighted by Gasteiger charge is -2.09. The molecule has 19 heavy (non-hydrogen) atoms. The Hall–Kier alpha value is -2.24. The van der Waals surface area contributed by atoms with Crippen LogP contribution >= 0.6 is 0 Å². The van der Waals surface area contributed by atoms with Crippen molar-refractivity contribution >= 4 is 11.9 Å². The molecule has 0 radical (unpaired) electrons. The summed E-state index contributed by atoms with van der Waals surface area (Å²) in [6.45, 7) is 1.65. The summed E-state index contributed by atoms with van der Waals surface area (Å²) in [7, 11) is 0. The van der Waals surface area contributed by atoms with Gasteiger partial charge in [-0.2, -0.15) is 0 Å². The van der Waals surface area contributed by atoms with Gasteiger partial charge in [-0.3, -0.25) is 9.59 Å². The molecule has 0 aromatic heterocycles. The summed E-state index contributed by atoms with van der Waals surface area (Å²) in [5, 5.41) is 11.1. The first-order valence-corrected chi connectivity index (χ1v) is 5.97. The number of nitrogens with one attached hydrogen (secondary N) is 1. The molecule has 1 aromatic rings. The molecule has 0 saturated carbocycles. The Morgan fingerprint density at radius 2 is 2.11 bits per heavy atom. The number of rotatable bonds is 5. The minimum Gasteiger partial charge on any atom is -0.480 e. The highest BCUT2D eigenvalue weighted by Crippen LogP contribution is 2.32. The molecule has 0 spiro atoms. The summed E-state index contributed by atoms with van der Waals surface area (Å²) < 4.78 is 10.4. The number of amides is 1. The molecule has 2 rings (SSSR count). The highest BCUT2D eigenvalue weighted by Gasteiger charge is 2.15. The molecular formula is C13H15NO5. The van der Waals surface area contributed by atoms with Gasteiger partial charge in [-0.15, -0.1) is 0 Å². The lowest BCUT2D eigenvalue weighted by Crippen LogP contribution is -2.38. The molecule has 6 nitrogen and oxygen atoms in total. The predicted octanol–water partition coefficient (Wildman–Crippen LogP) is 0.937.